The molecule has 1 aromatic carbocycles. The SMILES string of the molecule is CCOC(=O)C1=C(COCCN)NC(C)=C(C(=O)OCCOC)C1c1cccc(Cl)c1Cl. The molecule has 0 saturated heterocycles. The molecule has 8 nitrogen and oxygen atoms in total. The predicted octanol–water partition coefficient (Wildman–Crippen LogP) is 2.94. The van der Waals surface area contributed by atoms with Crippen molar-refractivity contribution in [1.29, 1.82) is 0 Å². The molecule has 176 valence electrons. The van der Waals surface area contributed by atoms with Gasteiger partial charge in [-0.25, -0.2) is 9.59 Å². The Balaban J connectivity index is 2.66. The number of ether oxygens (including phenoxy) is 4. The first-order valence-corrected chi connectivity index (χ1v) is 10.9. The minimum atomic E-state index is -0.881. The Kier molecular flexibility index (Phi) is 10.5. The summed E-state index contributed by atoms with van der Waals surface area (Å²) in [6, 6.07) is 5.03. The Labute approximate surface area is 197 Å². The van der Waals surface area contributed by atoms with E-state index >= 15 is 0 Å². The highest BCUT2D eigenvalue weighted by atomic mass is 35.5. The number of esters is 2. The number of allylic oxidation sites excluding steroid dienone is 1. The van der Waals surface area contributed by atoms with Gasteiger partial charge in [-0.3, -0.25) is 0 Å². The molecule has 0 bridgehead atoms. The maximum Gasteiger partial charge on any atom is 0.336 e. The number of carbonyl (C=O) groups excluding carboxylic acids is 2. The fraction of sp³-hybridized carbons (Fsp3) is 0.455. The summed E-state index contributed by atoms with van der Waals surface area (Å²) in [4.78, 5) is 26.2. The van der Waals surface area contributed by atoms with E-state index in [1.165, 1.54) is 7.11 Å². The third-order valence-corrected chi connectivity index (χ3v) is 5.52. The van der Waals surface area contributed by atoms with Crippen LogP contribution in [0.1, 0.15) is 25.3 Å². The van der Waals surface area contributed by atoms with Crippen LogP contribution in [-0.2, 0) is 28.5 Å². The molecular formula is C22H28Cl2N2O6. The van der Waals surface area contributed by atoms with Gasteiger partial charge in [0.15, 0.2) is 0 Å². The average molecular weight is 487 g/mol. The van der Waals surface area contributed by atoms with Crippen LogP contribution in [0.25, 0.3) is 0 Å². The van der Waals surface area contributed by atoms with E-state index in [1.54, 1.807) is 32.0 Å². The van der Waals surface area contributed by atoms with Crippen molar-refractivity contribution in [2.24, 2.45) is 5.73 Å². The molecule has 1 unspecified atom stereocenters. The van der Waals surface area contributed by atoms with Gasteiger partial charge in [-0.1, -0.05) is 35.3 Å². The second-order valence-electron chi connectivity index (χ2n) is 6.82. The molecule has 0 amide bonds. The number of benzene rings is 1. The standard InChI is InChI=1S/C22H28Cl2N2O6/c1-4-31-22(28)19-16(12-30-9-8-25)26-13(2)17(21(27)32-11-10-29-3)18(19)14-6-5-7-15(23)20(14)24/h5-7,18,26H,4,8-12,25H2,1-3H3. The molecule has 0 aromatic heterocycles. The van der Waals surface area contributed by atoms with Crippen molar-refractivity contribution in [3.8, 4) is 0 Å². The highest BCUT2D eigenvalue weighted by Crippen LogP contribution is 2.43. The molecule has 1 aliphatic rings. The number of nitrogens with two attached hydrogens (primary N) is 1. The minimum Gasteiger partial charge on any atom is -0.463 e. The molecule has 1 aromatic rings. The summed E-state index contributed by atoms with van der Waals surface area (Å²) in [5.41, 5.74) is 7.34. The molecule has 0 saturated carbocycles. The lowest BCUT2D eigenvalue weighted by atomic mass is 9.80. The van der Waals surface area contributed by atoms with E-state index < -0.39 is 17.9 Å². The van der Waals surface area contributed by atoms with Crippen LogP contribution in [0.2, 0.25) is 10.0 Å². The Morgan fingerprint density at radius 3 is 2.47 bits per heavy atom. The van der Waals surface area contributed by atoms with Crippen molar-refractivity contribution in [1.82, 2.24) is 5.32 Å². The first-order chi connectivity index (χ1) is 15.4. The fourth-order valence-electron chi connectivity index (χ4n) is 3.34. The third kappa shape index (κ3) is 6.24. The van der Waals surface area contributed by atoms with E-state index in [0.29, 0.717) is 30.1 Å². The van der Waals surface area contributed by atoms with Gasteiger partial charge in [0.2, 0.25) is 0 Å². The van der Waals surface area contributed by atoms with E-state index in [1.807, 2.05) is 0 Å². The molecule has 2 rings (SSSR count). The molecule has 32 heavy (non-hydrogen) atoms. The van der Waals surface area contributed by atoms with Crippen LogP contribution in [0.4, 0.5) is 0 Å². The van der Waals surface area contributed by atoms with Crippen molar-refractivity contribution in [3.63, 3.8) is 0 Å². The quantitative estimate of drug-likeness (QED) is 0.362. The fourth-order valence-corrected chi connectivity index (χ4v) is 3.76. The van der Waals surface area contributed by atoms with Gasteiger partial charge >= 0.3 is 11.9 Å². The average Bonchev–Trinajstić information content (AvgIpc) is 2.75. The summed E-state index contributed by atoms with van der Waals surface area (Å²) < 4.78 is 21.2. The van der Waals surface area contributed by atoms with Gasteiger partial charge in [-0.05, 0) is 25.5 Å². The number of halogens is 2. The van der Waals surface area contributed by atoms with Crippen LogP contribution in [0.5, 0.6) is 0 Å². The van der Waals surface area contributed by atoms with E-state index in [2.05, 4.69) is 5.32 Å². The molecule has 1 heterocycles. The Morgan fingerprint density at radius 2 is 1.81 bits per heavy atom. The summed E-state index contributed by atoms with van der Waals surface area (Å²) >= 11 is 12.8. The first kappa shape index (κ1) is 26.2. The lowest BCUT2D eigenvalue weighted by molar-refractivity contribution is -0.140. The number of dihydropyridines is 1. The number of hydrogen-bond donors (Lipinski definition) is 2. The third-order valence-electron chi connectivity index (χ3n) is 4.68. The zero-order chi connectivity index (χ0) is 23.7. The van der Waals surface area contributed by atoms with Crippen molar-refractivity contribution >= 4 is 35.1 Å². The Hall–Kier alpha value is -2.10. The van der Waals surface area contributed by atoms with Crippen LogP contribution in [0, 0.1) is 0 Å². The van der Waals surface area contributed by atoms with E-state index in [4.69, 9.17) is 47.9 Å². The maximum absolute atomic E-state index is 13.1. The number of methoxy groups -OCH3 is 1. The molecule has 0 spiro atoms. The molecular weight excluding hydrogens is 459 g/mol. The molecule has 1 aliphatic heterocycles. The Morgan fingerprint density at radius 1 is 1.09 bits per heavy atom. The topological polar surface area (TPSA) is 109 Å². The van der Waals surface area contributed by atoms with Gasteiger partial charge in [0.1, 0.15) is 6.61 Å². The van der Waals surface area contributed by atoms with Crippen molar-refractivity contribution in [2.75, 3.05) is 46.7 Å². The molecule has 1 atom stereocenters. The number of carbonyl (C=O) groups is 2. The monoisotopic (exact) mass is 486 g/mol. The maximum atomic E-state index is 13.1. The van der Waals surface area contributed by atoms with Crippen LogP contribution >= 0.6 is 23.2 Å². The summed E-state index contributed by atoms with van der Waals surface area (Å²) in [5, 5.41) is 3.62. The first-order valence-electron chi connectivity index (χ1n) is 10.1. The predicted molar refractivity (Wildman–Crippen MR) is 121 cm³/mol. The van der Waals surface area contributed by atoms with E-state index in [0.717, 1.165) is 0 Å². The van der Waals surface area contributed by atoms with Crippen LogP contribution < -0.4 is 11.1 Å². The molecule has 3 N–H and O–H groups in total. The highest BCUT2D eigenvalue weighted by molar-refractivity contribution is 6.42. The van der Waals surface area contributed by atoms with Gasteiger partial charge in [0.25, 0.3) is 0 Å². The summed E-state index contributed by atoms with van der Waals surface area (Å²) in [7, 11) is 1.50. The molecule has 0 fully saturated rings. The lowest BCUT2D eigenvalue weighted by Crippen LogP contribution is -2.35. The Bertz CT molecular complexity index is 900. The van der Waals surface area contributed by atoms with Gasteiger partial charge in [-0.15, -0.1) is 0 Å². The largest absolute Gasteiger partial charge is 0.463 e. The van der Waals surface area contributed by atoms with Gasteiger partial charge < -0.3 is 30.0 Å². The molecule has 0 aliphatic carbocycles. The van der Waals surface area contributed by atoms with E-state index in [9.17, 15) is 9.59 Å². The van der Waals surface area contributed by atoms with Crippen molar-refractivity contribution in [3.05, 3.63) is 56.3 Å². The normalized spacial score (nSPS) is 16.1. The van der Waals surface area contributed by atoms with Crippen LogP contribution in [-0.4, -0.2) is 58.6 Å². The number of rotatable bonds is 11. The number of nitrogens with one attached hydrogen (secondary N) is 1. The molecule has 0 radical (unpaired) electrons. The highest BCUT2D eigenvalue weighted by Gasteiger charge is 2.40. The van der Waals surface area contributed by atoms with E-state index in [-0.39, 0.29) is 47.6 Å². The number of hydrogen-bond acceptors (Lipinski definition) is 8. The summed E-state index contributed by atoms with van der Waals surface area (Å²) in [6.45, 7) is 4.50. The zero-order valence-corrected chi connectivity index (χ0v) is 19.8. The van der Waals surface area contributed by atoms with Crippen LogP contribution in [0.15, 0.2) is 40.7 Å². The minimum absolute atomic E-state index is 0.0486. The lowest BCUT2D eigenvalue weighted by Gasteiger charge is -2.32. The summed E-state index contributed by atoms with van der Waals surface area (Å²) in [5.74, 6) is -2.10. The molecule has 10 heteroatoms. The second-order valence-corrected chi connectivity index (χ2v) is 7.61. The smallest absolute Gasteiger partial charge is 0.336 e. The van der Waals surface area contributed by atoms with Gasteiger partial charge in [0, 0.05) is 19.4 Å². The van der Waals surface area contributed by atoms with Crippen molar-refractivity contribution < 1.29 is 28.5 Å². The van der Waals surface area contributed by atoms with Gasteiger partial charge in [-0.2, -0.15) is 0 Å². The van der Waals surface area contributed by atoms with Crippen LogP contribution in [0.3, 0.4) is 0 Å². The van der Waals surface area contributed by atoms with Gasteiger partial charge in [0.05, 0.1) is 59.2 Å². The zero-order valence-electron chi connectivity index (χ0n) is 18.3. The van der Waals surface area contributed by atoms with Crippen molar-refractivity contribution in [2.45, 2.75) is 19.8 Å². The second kappa shape index (κ2) is 12.8. The summed E-state index contributed by atoms with van der Waals surface area (Å²) in [6.07, 6.45) is 0.